The van der Waals surface area contributed by atoms with E-state index in [4.69, 9.17) is 0 Å². The molecule has 146 valence electrons. The summed E-state index contributed by atoms with van der Waals surface area (Å²) in [6, 6.07) is 6.36. The Morgan fingerprint density at radius 3 is 1.92 bits per heavy atom. The molecule has 0 atom stereocenters. The minimum absolute atomic E-state index is 0.136. The van der Waals surface area contributed by atoms with Gasteiger partial charge in [0.15, 0.2) is 0 Å². The van der Waals surface area contributed by atoms with Gasteiger partial charge in [-0.25, -0.2) is 0 Å². The summed E-state index contributed by atoms with van der Waals surface area (Å²) in [6.07, 6.45) is 8.58. The normalized spacial score (nSPS) is 30.2. The zero-order valence-corrected chi connectivity index (χ0v) is 15.7. The van der Waals surface area contributed by atoms with Gasteiger partial charge < -0.3 is 4.74 Å². The van der Waals surface area contributed by atoms with Crippen LogP contribution in [-0.2, 0) is 6.42 Å². The number of rotatable bonds is 5. The first-order valence-electron chi connectivity index (χ1n) is 10.2. The molecule has 26 heavy (non-hydrogen) atoms. The minimum Gasteiger partial charge on any atom is -0.406 e. The summed E-state index contributed by atoms with van der Waals surface area (Å²) in [4.78, 5) is 0. The molecule has 0 N–H and O–H groups in total. The van der Waals surface area contributed by atoms with Gasteiger partial charge in [0, 0.05) is 0 Å². The first-order chi connectivity index (χ1) is 12.4. The van der Waals surface area contributed by atoms with Crippen LogP contribution in [0.15, 0.2) is 24.3 Å². The highest BCUT2D eigenvalue weighted by Crippen LogP contribution is 2.42. The molecule has 0 aromatic heterocycles. The van der Waals surface area contributed by atoms with E-state index in [0.717, 1.165) is 42.1 Å². The van der Waals surface area contributed by atoms with E-state index in [9.17, 15) is 13.2 Å². The van der Waals surface area contributed by atoms with Gasteiger partial charge in [0.05, 0.1) is 0 Å². The molecule has 1 aromatic carbocycles. The number of aryl methyl sites for hydroxylation is 1. The Hall–Kier alpha value is -1.19. The molecule has 0 aliphatic heterocycles. The van der Waals surface area contributed by atoms with Crippen LogP contribution in [0.25, 0.3) is 0 Å². The van der Waals surface area contributed by atoms with E-state index in [0.29, 0.717) is 0 Å². The molecule has 0 bridgehead atoms. The van der Waals surface area contributed by atoms with Crippen LogP contribution < -0.4 is 4.74 Å². The molecule has 2 fully saturated rings. The largest absolute Gasteiger partial charge is 0.573 e. The van der Waals surface area contributed by atoms with Gasteiger partial charge in [-0.15, -0.1) is 13.2 Å². The predicted molar refractivity (Wildman–Crippen MR) is 98.0 cm³/mol. The third-order valence-corrected chi connectivity index (χ3v) is 6.62. The Labute approximate surface area is 155 Å². The van der Waals surface area contributed by atoms with E-state index >= 15 is 0 Å². The molecular formula is C22H31F3O. The molecule has 0 amide bonds. The maximum Gasteiger partial charge on any atom is 0.573 e. The van der Waals surface area contributed by atoms with E-state index in [-0.39, 0.29) is 5.75 Å². The zero-order chi connectivity index (χ0) is 18.6. The number of hydrogen-bond acceptors (Lipinski definition) is 1. The highest BCUT2D eigenvalue weighted by Gasteiger charge is 2.31. The Kier molecular flexibility index (Phi) is 6.52. The smallest absolute Gasteiger partial charge is 0.406 e. The van der Waals surface area contributed by atoms with Crippen molar-refractivity contribution in [1.82, 2.24) is 0 Å². The van der Waals surface area contributed by atoms with Crippen molar-refractivity contribution in [3.63, 3.8) is 0 Å². The molecule has 2 aliphatic rings. The van der Waals surface area contributed by atoms with Crippen molar-refractivity contribution in [2.45, 2.75) is 77.5 Å². The molecule has 0 heterocycles. The van der Waals surface area contributed by atoms with Gasteiger partial charge >= 0.3 is 6.36 Å². The third-order valence-electron chi connectivity index (χ3n) is 6.62. The van der Waals surface area contributed by atoms with Gasteiger partial charge in [-0.2, -0.15) is 0 Å². The van der Waals surface area contributed by atoms with Gasteiger partial charge in [0.25, 0.3) is 0 Å². The lowest BCUT2D eigenvalue weighted by molar-refractivity contribution is -0.274. The highest BCUT2D eigenvalue weighted by atomic mass is 19.4. The lowest BCUT2D eigenvalue weighted by atomic mass is 9.69. The fourth-order valence-corrected chi connectivity index (χ4v) is 4.93. The van der Waals surface area contributed by atoms with Crippen LogP contribution in [-0.4, -0.2) is 6.36 Å². The van der Waals surface area contributed by atoms with Gasteiger partial charge in [-0.3, -0.25) is 0 Å². The van der Waals surface area contributed by atoms with Crippen LogP contribution in [0.4, 0.5) is 13.2 Å². The number of benzene rings is 1. The van der Waals surface area contributed by atoms with Gasteiger partial charge in [0.1, 0.15) is 5.75 Å². The summed E-state index contributed by atoms with van der Waals surface area (Å²) in [6.45, 7) is 2.38. The number of hydrogen-bond donors (Lipinski definition) is 0. The highest BCUT2D eigenvalue weighted by molar-refractivity contribution is 5.27. The average molecular weight is 368 g/mol. The lowest BCUT2D eigenvalue weighted by Crippen LogP contribution is -2.25. The van der Waals surface area contributed by atoms with Gasteiger partial charge in [-0.1, -0.05) is 44.7 Å². The Bertz CT molecular complexity index is 536. The van der Waals surface area contributed by atoms with Gasteiger partial charge in [0.2, 0.25) is 0 Å². The van der Waals surface area contributed by atoms with E-state index in [1.165, 1.54) is 63.5 Å². The van der Waals surface area contributed by atoms with Crippen LogP contribution in [0, 0.1) is 23.7 Å². The summed E-state index contributed by atoms with van der Waals surface area (Å²) in [5, 5.41) is 0. The molecular weight excluding hydrogens is 337 g/mol. The molecule has 2 aliphatic carbocycles. The second-order valence-electron chi connectivity index (χ2n) is 8.53. The maximum atomic E-state index is 12.2. The van der Waals surface area contributed by atoms with E-state index in [2.05, 4.69) is 11.7 Å². The van der Waals surface area contributed by atoms with Crippen molar-refractivity contribution in [2.24, 2.45) is 23.7 Å². The first kappa shape index (κ1) is 19.6. The summed E-state index contributed by atoms with van der Waals surface area (Å²) < 4.78 is 40.5. The molecule has 1 aromatic rings. The lowest BCUT2D eigenvalue weighted by Gasteiger charge is -2.37. The molecule has 1 nitrogen and oxygen atoms in total. The number of alkyl halides is 3. The van der Waals surface area contributed by atoms with E-state index in [1.54, 1.807) is 12.1 Å². The van der Waals surface area contributed by atoms with Gasteiger partial charge in [-0.05, 0) is 79.9 Å². The second kappa shape index (κ2) is 8.67. The van der Waals surface area contributed by atoms with Crippen molar-refractivity contribution in [3.8, 4) is 5.75 Å². The Balaban J connectivity index is 1.38. The zero-order valence-electron chi connectivity index (χ0n) is 15.7. The van der Waals surface area contributed by atoms with E-state index < -0.39 is 6.36 Å². The molecule has 3 rings (SSSR count). The average Bonchev–Trinajstić information content (AvgIpc) is 2.61. The van der Waals surface area contributed by atoms with E-state index in [1.807, 2.05) is 0 Å². The van der Waals surface area contributed by atoms with Crippen LogP contribution >= 0.6 is 0 Å². The summed E-state index contributed by atoms with van der Waals surface area (Å²) >= 11 is 0. The molecule has 2 saturated carbocycles. The SMILES string of the molecule is CC1CCC(C2CCC(CCc3ccc(OC(F)(F)F)cc3)CC2)CC1. The van der Waals surface area contributed by atoms with Crippen LogP contribution in [0.1, 0.15) is 70.3 Å². The van der Waals surface area contributed by atoms with Crippen molar-refractivity contribution in [2.75, 3.05) is 0 Å². The second-order valence-corrected chi connectivity index (χ2v) is 8.53. The topological polar surface area (TPSA) is 9.23 Å². The van der Waals surface area contributed by atoms with Crippen LogP contribution in [0.5, 0.6) is 5.75 Å². The van der Waals surface area contributed by atoms with Crippen molar-refractivity contribution in [1.29, 1.82) is 0 Å². The fraction of sp³-hybridized carbons (Fsp3) is 0.727. The Morgan fingerprint density at radius 1 is 0.846 bits per heavy atom. The summed E-state index contributed by atoms with van der Waals surface area (Å²) in [5.74, 6) is 3.48. The maximum absolute atomic E-state index is 12.2. The molecule has 0 unspecified atom stereocenters. The first-order valence-corrected chi connectivity index (χ1v) is 10.2. The molecule has 0 radical (unpaired) electrons. The van der Waals surface area contributed by atoms with Crippen LogP contribution in [0.3, 0.4) is 0 Å². The quantitative estimate of drug-likeness (QED) is 0.536. The molecule has 0 saturated heterocycles. The minimum atomic E-state index is -4.61. The summed E-state index contributed by atoms with van der Waals surface area (Å²) in [7, 11) is 0. The van der Waals surface area contributed by atoms with Crippen molar-refractivity contribution >= 4 is 0 Å². The Morgan fingerprint density at radius 2 is 1.38 bits per heavy atom. The monoisotopic (exact) mass is 368 g/mol. The standard InChI is InChI=1S/C22H31F3O/c1-16-2-10-19(11-3-16)20-12-6-17(7-13-20)4-5-18-8-14-21(15-9-18)26-22(23,24)25/h8-9,14-17,19-20H,2-7,10-13H2,1H3. The van der Waals surface area contributed by atoms with Crippen molar-refractivity contribution < 1.29 is 17.9 Å². The predicted octanol–water partition coefficient (Wildman–Crippen LogP) is 7.15. The fourth-order valence-electron chi connectivity index (χ4n) is 4.93. The molecule has 0 spiro atoms. The van der Waals surface area contributed by atoms with Crippen molar-refractivity contribution in [3.05, 3.63) is 29.8 Å². The third kappa shape index (κ3) is 5.92. The molecule has 4 heteroatoms. The number of ether oxygens (including phenoxy) is 1. The summed E-state index contributed by atoms with van der Waals surface area (Å²) in [5.41, 5.74) is 1.10. The van der Waals surface area contributed by atoms with Crippen LogP contribution in [0.2, 0.25) is 0 Å². The number of halogens is 3.